The van der Waals surface area contributed by atoms with Crippen LogP contribution in [-0.2, 0) is 4.79 Å². The third kappa shape index (κ3) is 4.54. The molecule has 0 bridgehead atoms. The molecule has 8 nitrogen and oxygen atoms in total. The molecular weight excluding hydrogens is 406 g/mol. The van der Waals surface area contributed by atoms with Crippen LogP contribution in [0.25, 0.3) is 11.3 Å². The molecule has 8 heteroatoms. The molecule has 0 radical (unpaired) electrons. The molecule has 2 amide bonds. The number of nitrogens with zero attached hydrogens (tertiary/aromatic N) is 3. The fourth-order valence-electron chi connectivity index (χ4n) is 3.93. The van der Waals surface area contributed by atoms with Crippen LogP contribution in [-0.4, -0.2) is 42.2 Å². The van der Waals surface area contributed by atoms with Crippen molar-refractivity contribution in [1.82, 2.24) is 10.2 Å². The lowest BCUT2D eigenvalue weighted by Gasteiger charge is -2.32. The van der Waals surface area contributed by atoms with Crippen molar-refractivity contribution >= 4 is 23.3 Å². The van der Waals surface area contributed by atoms with Crippen LogP contribution in [0.3, 0.4) is 0 Å². The number of para-hydroxylation sites is 2. The lowest BCUT2D eigenvalue weighted by molar-refractivity contribution is -0.120. The van der Waals surface area contributed by atoms with Crippen molar-refractivity contribution in [3.05, 3.63) is 66.2 Å². The normalized spacial score (nSPS) is 15.8. The zero-order valence-electron chi connectivity index (χ0n) is 17.8. The molecule has 1 fully saturated rings. The summed E-state index contributed by atoms with van der Waals surface area (Å²) in [6, 6.07) is 18.2. The van der Waals surface area contributed by atoms with E-state index in [1.807, 2.05) is 36.4 Å². The number of aromatic nitrogens is 2. The number of piperidine rings is 1. The number of amides is 2. The van der Waals surface area contributed by atoms with Gasteiger partial charge in [0.15, 0.2) is 5.82 Å². The van der Waals surface area contributed by atoms with Crippen LogP contribution in [0.1, 0.15) is 23.2 Å². The van der Waals surface area contributed by atoms with Gasteiger partial charge in [-0.15, -0.1) is 10.2 Å². The maximum Gasteiger partial charge on any atom is 0.250 e. The van der Waals surface area contributed by atoms with E-state index in [1.165, 1.54) is 0 Å². The first-order chi connectivity index (χ1) is 15.6. The highest BCUT2D eigenvalue weighted by atomic mass is 16.5. The standard InChI is InChI=1S/C24H25N5O3/c1-32-21-11-5-3-8-17(21)20-12-13-22(28-27-20)29-14-6-7-16(15-29)24(31)26-19-10-4-2-9-18(19)23(25)30/h2-5,8-13,16H,6-7,14-15H2,1H3,(H2,25,30)(H,26,31)/t16-/m1/s1. The van der Waals surface area contributed by atoms with E-state index in [9.17, 15) is 9.59 Å². The molecule has 0 saturated carbocycles. The summed E-state index contributed by atoms with van der Waals surface area (Å²) < 4.78 is 5.41. The summed E-state index contributed by atoms with van der Waals surface area (Å²) in [4.78, 5) is 26.6. The van der Waals surface area contributed by atoms with Gasteiger partial charge < -0.3 is 20.7 Å². The first-order valence-corrected chi connectivity index (χ1v) is 10.5. The number of nitrogens with two attached hydrogens (primary N) is 1. The van der Waals surface area contributed by atoms with E-state index in [-0.39, 0.29) is 11.8 Å². The Morgan fingerprint density at radius 3 is 2.59 bits per heavy atom. The summed E-state index contributed by atoms with van der Waals surface area (Å²) in [6.07, 6.45) is 1.61. The van der Waals surface area contributed by atoms with Crippen LogP contribution in [0, 0.1) is 5.92 Å². The number of primary amides is 1. The van der Waals surface area contributed by atoms with Crippen molar-refractivity contribution in [2.24, 2.45) is 11.7 Å². The predicted molar refractivity (Wildman–Crippen MR) is 123 cm³/mol. The second-order valence-electron chi connectivity index (χ2n) is 7.66. The van der Waals surface area contributed by atoms with Gasteiger partial charge in [-0.05, 0) is 49.2 Å². The van der Waals surface area contributed by atoms with Gasteiger partial charge in [0.05, 0.1) is 30.0 Å². The van der Waals surface area contributed by atoms with Crippen molar-refractivity contribution in [1.29, 1.82) is 0 Å². The highest BCUT2D eigenvalue weighted by Gasteiger charge is 2.27. The van der Waals surface area contributed by atoms with E-state index in [0.717, 1.165) is 42.2 Å². The predicted octanol–water partition coefficient (Wildman–Crippen LogP) is 3.11. The number of hydrogen-bond donors (Lipinski definition) is 2. The van der Waals surface area contributed by atoms with E-state index in [0.29, 0.717) is 17.8 Å². The summed E-state index contributed by atoms with van der Waals surface area (Å²) in [5.74, 6) is 0.512. The molecule has 4 rings (SSSR count). The molecule has 0 aliphatic carbocycles. The van der Waals surface area contributed by atoms with Crippen LogP contribution in [0.2, 0.25) is 0 Å². The molecule has 0 spiro atoms. The highest BCUT2D eigenvalue weighted by Crippen LogP contribution is 2.29. The number of methoxy groups -OCH3 is 1. The van der Waals surface area contributed by atoms with Crippen LogP contribution in [0.4, 0.5) is 11.5 Å². The number of hydrogen-bond acceptors (Lipinski definition) is 6. The topological polar surface area (TPSA) is 110 Å². The van der Waals surface area contributed by atoms with Crippen LogP contribution < -0.4 is 20.7 Å². The quantitative estimate of drug-likeness (QED) is 0.621. The maximum absolute atomic E-state index is 12.9. The molecule has 0 unspecified atom stereocenters. The van der Waals surface area contributed by atoms with Crippen molar-refractivity contribution in [3.8, 4) is 17.0 Å². The minimum absolute atomic E-state index is 0.137. The molecule has 2 heterocycles. The van der Waals surface area contributed by atoms with E-state index in [4.69, 9.17) is 10.5 Å². The Morgan fingerprint density at radius 1 is 1.06 bits per heavy atom. The maximum atomic E-state index is 12.9. The molecule has 1 aliphatic heterocycles. The number of anilines is 2. The van der Waals surface area contributed by atoms with Gasteiger partial charge in [-0.25, -0.2) is 0 Å². The van der Waals surface area contributed by atoms with Gasteiger partial charge in [0.25, 0.3) is 5.91 Å². The lowest BCUT2D eigenvalue weighted by atomic mass is 9.96. The molecule has 32 heavy (non-hydrogen) atoms. The molecule has 1 aromatic heterocycles. The second kappa shape index (κ2) is 9.47. The second-order valence-corrected chi connectivity index (χ2v) is 7.66. The largest absolute Gasteiger partial charge is 0.496 e. The summed E-state index contributed by atoms with van der Waals surface area (Å²) in [5.41, 5.74) is 7.74. The van der Waals surface area contributed by atoms with Gasteiger partial charge in [0, 0.05) is 18.7 Å². The van der Waals surface area contributed by atoms with Gasteiger partial charge in [-0.3, -0.25) is 9.59 Å². The van der Waals surface area contributed by atoms with Crippen LogP contribution >= 0.6 is 0 Å². The Morgan fingerprint density at radius 2 is 1.84 bits per heavy atom. The molecule has 1 saturated heterocycles. The average molecular weight is 431 g/mol. The average Bonchev–Trinajstić information content (AvgIpc) is 2.84. The molecule has 1 aliphatic rings. The first-order valence-electron chi connectivity index (χ1n) is 10.5. The fraction of sp³-hybridized carbons (Fsp3) is 0.250. The summed E-state index contributed by atoms with van der Waals surface area (Å²) in [6.45, 7) is 1.32. The Hall–Kier alpha value is -3.94. The van der Waals surface area contributed by atoms with Crippen molar-refractivity contribution in [3.63, 3.8) is 0 Å². The van der Waals surface area contributed by atoms with Gasteiger partial charge in [0.2, 0.25) is 5.91 Å². The minimum Gasteiger partial charge on any atom is -0.496 e. The molecule has 3 N–H and O–H groups in total. The van der Waals surface area contributed by atoms with Crippen LogP contribution in [0.5, 0.6) is 5.75 Å². The lowest BCUT2D eigenvalue weighted by Crippen LogP contribution is -2.41. The Bertz CT molecular complexity index is 1120. The van der Waals surface area contributed by atoms with E-state index in [2.05, 4.69) is 20.4 Å². The molecular formula is C24H25N5O3. The SMILES string of the molecule is COc1ccccc1-c1ccc(N2CCC[C@@H](C(=O)Nc3ccccc3C(N)=O)C2)nn1. The molecule has 3 aromatic rings. The van der Waals surface area contributed by atoms with Crippen LogP contribution in [0.15, 0.2) is 60.7 Å². The van der Waals surface area contributed by atoms with Crippen molar-refractivity contribution in [2.45, 2.75) is 12.8 Å². The summed E-state index contributed by atoms with van der Waals surface area (Å²) in [7, 11) is 1.63. The molecule has 1 atom stereocenters. The number of carbonyl (C=O) groups is 2. The summed E-state index contributed by atoms with van der Waals surface area (Å²) in [5, 5.41) is 11.6. The number of rotatable bonds is 6. The highest BCUT2D eigenvalue weighted by molar-refractivity contribution is 6.03. The fourth-order valence-corrected chi connectivity index (χ4v) is 3.93. The Balaban J connectivity index is 1.46. The monoisotopic (exact) mass is 431 g/mol. The third-order valence-electron chi connectivity index (χ3n) is 5.60. The smallest absolute Gasteiger partial charge is 0.250 e. The van der Waals surface area contributed by atoms with Gasteiger partial charge in [-0.1, -0.05) is 24.3 Å². The van der Waals surface area contributed by atoms with E-state index in [1.54, 1.807) is 31.4 Å². The number of nitrogens with one attached hydrogen (secondary N) is 1. The van der Waals surface area contributed by atoms with E-state index < -0.39 is 5.91 Å². The van der Waals surface area contributed by atoms with Crippen molar-refractivity contribution in [2.75, 3.05) is 30.4 Å². The molecule has 2 aromatic carbocycles. The number of benzene rings is 2. The van der Waals surface area contributed by atoms with Gasteiger partial charge in [-0.2, -0.15) is 0 Å². The van der Waals surface area contributed by atoms with Gasteiger partial charge >= 0.3 is 0 Å². The van der Waals surface area contributed by atoms with Crippen molar-refractivity contribution < 1.29 is 14.3 Å². The van der Waals surface area contributed by atoms with E-state index >= 15 is 0 Å². The minimum atomic E-state index is -0.573. The third-order valence-corrected chi connectivity index (χ3v) is 5.60. The van der Waals surface area contributed by atoms with Gasteiger partial charge in [0.1, 0.15) is 5.75 Å². The Kier molecular flexibility index (Phi) is 6.30. The molecule has 164 valence electrons. The Labute approximate surface area is 186 Å². The number of carbonyl (C=O) groups excluding carboxylic acids is 2. The zero-order chi connectivity index (χ0) is 22.5. The zero-order valence-corrected chi connectivity index (χ0v) is 17.8. The number of ether oxygens (including phenoxy) is 1. The first kappa shape index (κ1) is 21.3. The summed E-state index contributed by atoms with van der Waals surface area (Å²) >= 11 is 0.